The summed E-state index contributed by atoms with van der Waals surface area (Å²) in [5, 5.41) is 24.2. The normalized spacial score (nSPS) is 17.3. The third-order valence-electron chi connectivity index (χ3n) is 6.08. The largest absolute Gasteiger partial charge is 0.478 e. The van der Waals surface area contributed by atoms with Crippen LogP contribution in [-0.4, -0.2) is 36.1 Å². The zero-order valence-electron chi connectivity index (χ0n) is 19.4. The van der Waals surface area contributed by atoms with E-state index in [1.807, 2.05) is 13.0 Å². The Hall–Kier alpha value is -3.90. The van der Waals surface area contributed by atoms with Crippen molar-refractivity contribution in [2.75, 3.05) is 5.32 Å². The molecule has 1 aliphatic rings. The van der Waals surface area contributed by atoms with Gasteiger partial charge in [0, 0.05) is 12.3 Å². The number of halogens is 3. The number of anilines is 2. The minimum atomic E-state index is -4.60. The minimum absolute atomic E-state index is 0.0507. The number of alkyl halides is 3. The number of carboxylic acid groups (broad SMARTS) is 1. The molecule has 190 valence electrons. The van der Waals surface area contributed by atoms with Gasteiger partial charge >= 0.3 is 12.1 Å². The number of aryl methyl sites for hydroxylation is 2. The van der Waals surface area contributed by atoms with Gasteiger partial charge in [-0.05, 0) is 67.1 Å². The third-order valence-corrected chi connectivity index (χ3v) is 7.25. The average molecular weight is 528 g/mol. The van der Waals surface area contributed by atoms with E-state index in [0.29, 0.717) is 46.2 Å². The van der Waals surface area contributed by atoms with Crippen molar-refractivity contribution in [1.29, 1.82) is 0 Å². The first kappa shape index (κ1) is 24.8. The molecule has 0 saturated carbocycles. The summed E-state index contributed by atoms with van der Waals surface area (Å²) >= 11 is 1.25. The van der Waals surface area contributed by atoms with E-state index in [2.05, 4.69) is 25.3 Å². The van der Waals surface area contributed by atoms with Gasteiger partial charge < -0.3 is 15.5 Å². The highest BCUT2D eigenvalue weighted by Crippen LogP contribution is 2.43. The van der Waals surface area contributed by atoms with Crippen molar-refractivity contribution in [3.8, 4) is 10.6 Å². The van der Waals surface area contributed by atoms with E-state index >= 15 is 0 Å². The molecule has 37 heavy (non-hydrogen) atoms. The van der Waals surface area contributed by atoms with Crippen LogP contribution in [-0.2, 0) is 18.2 Å². The van der Waals surface area contributed by atoms with Crippen LogP contribution in [0.15, 0.2) is 48.9 Å². The van der Waals surface area contributed by atoms with Crippen LogP contribution in [0.1, 0.15) is 50.6 Å². The zero-order valence-corrected chi connectivity index (χ0v) is 20.2. The van der Waals surface area contributed by atoms with Crippen molar-refractivity contribution in [3.63, 3.8) is 0 Å². The Labute approximate surface area is 212 Å². The average Bonchev–Trinajstić information content (AvgIpc) is 3.35. The van der Waals surface area contributed by atoms with Gasteiger partial charge in [0.25, 0.3) is 0 Å². The first-order valence-electron chi connectivity index (χ1n) is 11.2. The maximum Gasteiger partial charge on any atom is 0.433 e. The van der Waals surface area contributed by atoms with Gasteiger partial charge in [0.05, 0.1) is 16.1 Å². The third kappa shape index (κ3) is 4.89. The highest BCUT2D eigenvalue weighted by Gasteiger charge is 2.39. The molecule has 0 spiro atoms. The van der Waals surface area contributed by atoms with Gasteiger partial charge in [0.2, 0.25) is 0 Å². The topological polar surface area (TPSA) is 121 Å². The van der Waals surface area contributed by atoms with Gasteiger partial charge in [0.1, 0.15) is 34.3 Å². The molecule has 3 aromatic heterocycles. The van der Waals surface area contributed by atoms with E-state index < -0.39 is 23.4 Å². The Balaban J connectivity index is 1.46. The number of aromatic carboxylic acids is 1. The molecule has 0 amide bonds. The first-order chi connectivity index (χ1) is 17.5. The Morgan fingerprint density at radius 1 is 1.11 bits per heavy atom. The van der Waals surface area contributed by atoms with Crippen LogP contribution in [0.4, 0.5) is 24.8 Å². The molecule has 1 aliphatic carbocycles. The lowest BCUT2D eigenvalue weighted by atomic mass is 9.79. The van der Waals surface area contributed by atoms with Crippen LogP contribution >= 0.6 is 11.3 Å². The maximum absolute atomic E-state index is 13.0. The molecule has 3 N–H and O–H groups in total. The predicted octanol–water partition coefficient (Wildman–Crippen LogP) is 5.34. The number of hydrogen-bond donors (Lipinski definition) is 3. The molecule has 0 fully saturated rings. The molecule has 1 aromatic carbocycles. The minimum Gasteiger partial charge on any atom is -0.478 e. The summed E-state index contributed by atoms with van der Waals surface area (Å²) in [5.41, 5.74) is 0.460. The quantitative estimate of drug-likeness (QED) is 0.318. The second kappa shape index (κ2) is 9.20. The van der Waals surface area contributed by atoms with E-state index in [9.17, 15) is 28.2 Å². The van der Waals surface area contributed by atoms with Crippen LogP contribution in [0.5, 0.6) is 0 Å². The standard InChI is InChI=1S/C25H20F3N5O3S/c1-13-7-17(32-21(8-13)33-20-10-19(25(26,27)28)30-12-31-20)18-11-29-23(37-18)24(36)6-2-3-14-9-15(22(34)35)4-5-16(14)24/h4-5,7-12,36H,2-3,6H2,1H3,(H,34,35)(H,30,31,32,33)/t24-/m0/s1. The van der Waals surface area contributed by atoms with Gasteiger partial charge in [-0.15, -0.1) is 11.3 Å². The first-order valence-corrected chi connectivity index (χ1v) is 12.1. The number of fused-ring (bicyclic) bond motifs is 1. The van der Waals surface area contributed by atoms with Gasteiger partial charge in [0.15, 0.2) is 0 Å². The molecule has 0 aliphatic heterocycles. The molecule has 0 unspecified atom stereocenters. The SMILES string of the molecule is Cc1cc(Nc2cc(C(F)(F)F)ncn2)nc(-c2cnc([C@]3(O)CCCc4cc(C(=O)O)ccc43)s2)c1. The fourth-order valence-corrected chi connectivity index (χ4v) is 5.39. The van der Waals surface area contributed by atoms with Crippen LogP contribution < -0.4 is 5.32 Å². The monoisotopic (exact) mass is 527 g/mol. The molecule has 3 heterocycles. The molecule has 8 nitrogen and oxygen atoms in total. The van der Waals surface area contributed by atoms with Crippen molar-refractivity contribution in [3.05, 3.63) is 81.9 Å². The van der Waals surface area contributed by atoms with Crippen molar-refractivity contribution < 1.29 is 28.2 Å². The molecule has 0 radical (unpaired) electrons. The zero-order chi connectivity index (χ0) is 26.4. The molecule has 0 saturated heterocycles. The summed E-state index contributed by atoms with van der Waals surface area (Å²) < 4.78 is 39.0. The van der Waals surface area contributed by atoms with Gasteiger partial charge in [-0.25, -0.2) is 24.7 Å². The lowest BCUT2D eigenvalue weighted by Gasteiger charge is -2.33. The molecule has 1 atom stereocenters. The summed E-state index contributed by atoms with van der Waals surface area (Å²) in [6, 6.07) is 8.99. The van der Waals surface area contributed by atoms with Crippen molar-refractivity contribution >= 4 is 28.9 Å². The Morgan fingerprint density at radius 2 is 1.92 bits per heavy atom. The number of benzene rings is 1. The lowest BCUT2D eigenvalue weighted by Crippen LogP contribution is -2.32. The number of carbonyl (C=O) groups is 1. The number of carboxylic acids is 1. The van der Waals surface area contributed by atoms with E-state index in [1.165, 1.54) is 17.4 Å². The summed E-state index contributed by atoms with van der Waals surface area (Å²) in [7, 11) is 0. The van der Waals surface area contributed by atoms with Gasteiger partial charge in [-0.1, -0.05) is 6.07 Å². The van der Waals surface area contributed by atoms with Crippen LogP contribution in [0.3, 0.4) is 0 Å². The van der Waals surface area contributed by atoms with Crippen LogP contribution in [0.2, 0.25) is 0 Å². The van der Waals surface area contributed by atoms with Crippen molar-refractivity contribution in [2.24, 2.45) is 0 Å². The number of nitrogens with one attached hydrogen (secondary N) is 1. The number of thiazole rings is 1. The van der Waals surface area contributed by atoms with Crippen molar-refractivity contribution in [2.45, 2.75) is 38.0 Å². The number of hydrogen-bond acceptors (Lipinski definition) is 8. The number of pyridine rings is 1. The van der Waals surface area contributed by atoms with Crippen molar-refractivity contribution in [1.82, 2.24) is 19.9 Å². The fraction of sp³-hybridized carbons (Fsp3) is 0.240. The number of rotatable bonds is 5. The molecule has 12 heteroatoms. The Kier molecular flexibility index (Phi) is 6.16. The lowest BCUT2D eigenvalue weighted by molar-refractivity contribution is -0.141. The molecular weight excluding hydrogens is 507 g/mol. The van der Waals surface area contributed by atoms with E-state index in [4.69, 9.17) is 0 Å². The summed E-state index contributed by atoms with van der Waals surface area (Å²) in [5.74, 6) is -0.787. The van der Waals surface area contributed by atoms with E-state index in [1.54, 1.807) is 24.4 Å². The summed E-state index contributed by atoms with van der Waals surface area (Å²) in [6.07, 6.45) is -0.420. The molecule has 0 bridgehead atoms. The molecule has 4 aromatic rings. The maximum atomic E-state index is 13.0. The smallest absolute Gasteiger partial charge is 0.433 e. The fourth-order valence-electron chi connectivity index (χ4n) is 4.38. The van der Waals surface area contributed by atoms with Crippen LogP contribution in [0.25, 0.3) is 10.6 Å². The summed E-state index contributed by atoms with van der Waals surface area (Å²) in [6.45, 7) is 1.82. The summed E-state index contributed by atoms with van der Waals surface area (Å²) in [4.78, 5) is 28.1. The molecular formula is C25H20F3N5O3S. The number of nitrogens with zero attached hydrogens (tertiary/aromatic N) is 4. The predicted molar refractivity (Wildman–Crippen MR) is 130 cm³/mol. The van der Waals surface area contributed by atoms with E-state index in [-0.39, 0.29) is 11.4 Å². The Morgan fingerprint density at radius 3 is 2.68 bits per heavy atom. The van der Waals surface area contributed by atoms with Crippen LogP contribution in [0, 0.1) is 6.92 Å². The highest BCUT2D eigenvalue weighted by molar-refractivity contribution is 7.15. The van der Waals surface area contributed by atoms with Gasteiger partial charge in [-0.2, -0.15) is 13.2 Å². The van der Waals surface area contributed by atoms with E-state index in [0.717, 1.165) is 23.5 Å². The highest BCUT2D eigenvalue weighted by atomic mass is 32.1. The Bertz CT molecular complexity index is 1510. The number of aromatic nitrogens is 4. The molecule has 5 rings (SSSR count). The second-order valence-corrected chi connectivity index (χ2v) is 9.78. The van der Waals surface area contributed by atoms with Gasteiger partial charge in [-0.3, -0.25) is 0 Å². The number of aliphatic hydroxyl groups is 1. The second-order valence-electron chi connectivity index (χ2n) is 8.75.